The Morgan fingerprint density at radius 3 is 2.62 bits per heavy atom. The monoisotopic (exact) mass is 289 g/mol. The molecule has 0 radical (unpaired) electrons. The number of carbonyl (C=O) groups is 1. The van der Waals surface area contributed by atoms with Gasteiger partial charge in [0.25, 0.3) is 0 Å². The lowest BCUT2D eigenvalue weighted by molar-refractivity contribution is -0.121. The summed E-state index contributed by atoms with van der Waals surface area (Å²) in [7, 11) is 1.92. The van der Waals surface area contributed by atoms with Crippen molar-refractivity contribution in [3.8, 4) is 0 Å². The Labute approximate surface area is 127 Å². The summed E-state index contributed by atoms with van der Waals surface area (Å²) in [6.07, 6.45) is 2.35. The highest BCUT2D eigenvalue weighted by Gasteiger charge is 2.34. The molecule has 1 fully saturated rings. The van der Waals surface area contributed by atoms with E-state index < -0.39 is 0 Å². The summed E-state index contributed by atoms with van der Waals surface area (Å²) >= 11 is 0. The fraction of sp³-hybridized carbons (Fsp3) is 0.588. The van der Waals surface area contributed by atoms with Crippen LogP contribution in [-0.2, 0) is 11.3 Å². The number of rotatable bonds is 5. The summed E-state index contributed by atoms with van der Waals surface area (Å²) in [5.74, 6) is 0.0807. The number of hydrogen-bond donors (Lipinski definition) is 2. The Bertz CT molecular complexity index is 479. The van der Waals surface area contributed by atoms with Crippen molar-refractivity contribution < 1.29 is 4.79 Å². The molecule has 2 rings (SSSR count). The van der Waals surface area contributed by atoms with E-state index in [-0.39, 0.29) is 11.9 Å². The van der Waals surface area contributed by atoms with E-state index in [2.05, 4.69) is 35.4 Å². The van der Waals surface area contributed by atoms with Crippen LogP contribution in [0.3, 0.4) is 0 Å². The van der Waals surface area contributed by atoms with Gasteiger partial charge in [-0.05, 0) is 58.4 Å². The second-order valence-electron chi connectivity index (χ2n) is 6.12. The molecule has 1 aromatic carbocycles. The molecule has 116 valence electrons. The molecule has 1 saturated heterocycles. The highest BCUT2D eigenvalue weighted by molar-refractivity contribution is 5.94. The zero-order valence-corrected chi connectivity index (χ0v) is 13.5. The minimum atomic E-state index is -0.0922. The number of carbonyl (C=O) groups excluding carboxylic acids is 1. The molecule has 0 bridgehead atoms. The van der Waals surface area contributed by atoms with Crippen LogP contribution >= 0.6 is 0 Å². The number of nitrogens with zero attached hydrogens (tertiary/aromatic N) is 1. The van der Waals surface area contributed by atoms with Gasteiger partial charge in [0.05, 0.1) is 6.04 Å². The summed E-state index contributed by atoms with van der Waals surface area (Å²) in [6, 6.07) is 8.88. The molecule has 4 nitrogen and oxygen atoms in total. The highest BCUT2D eigenvalue weighted by atomic mass is 16.2. The zero-order chi connectivity index (χ0) is 15.4. The topological polar surface area (TPSA) is 44.4 Å². The summed E-state index contributed by atoms with van der Waals surface area (Å²) in [6.45, 7) is 7.23. The third-order valence-corrected chi connectivity index (χ3v) is 4.42. The standard InChI is InChI=1S/C17H27N3O/c1-12-8-9-13(2)20(12)14(3)17(21)19-16-7-5-6-15(10-16)11-18-4/h5-7,10,12-14,18H,8-9,11H2,1-4H3,(H,19,21). The molecule has 1 aromatic rings. The quantitative estimate of drug-likeness (QED) is 0.876. The lowest BCUT2D eigenvalue weighted by Gasteiger charge is -2.31. The first-order chi connectivity index (χ1) is 10.0. The number of anilines is 1. The van der Waals surface area contributed by atoms with Gasteiger partial charge < -0.3 is 10.6 Å². The molecule has 3 unspecified atom stereocenters. The van der Waals surface area contributed by atoms with Crippen LogP contribution in [0.1, 0.15) is 39.2 Å². The van der Waals surface area contributed by atoms with Crippen molar-refractivity contribution in [2.45, 2.75) is 58.3 Å². The van der Waals surface area contributed by atoms with Crippen molar-refractivity contribution in [1.29, 1.82) is 0 Å². The zero-order valence-electron chi connectivity index (χ0n) is 13.5. The first kappa shape index (κ1) is 16.0. The van der Waals surface area contributed by atoms with Gasteiger partial charge in [0, 0.05) is 24.3 Å². The molecule has 2 N–H and O–H groups in total. The van der Waals surface area contributed by atoms with Crippen LogP contribution in [0.15, 0.2) is 24.3 Å². The smallest absolute Gasteiger partial charge is 0.241 e. The lowest BCUT2D eigenvalue weighted by atomic mass is 10.1. The predicted molar refractivity (Wildman–Crippen MR) is 87.3 cm³/mol. The molecular weight excluding hydrogens is 262 g/mol. The first-order valence-corrected chi connectivity index (χ1v) is 7.84. The van der Waals surface area contributed by atoms with Crippen molar-refractivity contribution >= 4 is 11.6 Å². The van der Waals surface area contributed by atoms with E-state index in [1.54, 1.807) is 0 Å². The van der Waals surface area contributed by atoms with Crippen LogP contribution in [0.2, 0.25) is 0 Å². The van der Waals surface area contributed by atoms with E-state index in [1.165, 1.54) is 18.4 Å². The average Bonchev–Trinajstić information content (AvgIpc) is 2.78. The van der Waals surface area contributed by atoms with Gasteiger partial charge in [0.2, 0.25) is 5.91 Å². The van der Waals surface area contributed by atoms with Crippen LogP contribution in [0.5, 0.6) is 0 Å². The van der Waals surface area contributed by atoms with Crippen LogP contribution in [0.25, 0.3) is 0 Å². The third kappa shape index (κ3) is 3.83. The summed E-state index contributed by atoms with van der Waals surface area (Å²) in [5, 5.41) is 6.17. The van der Waals surface area contributed by atoms with E-state index >= 15 is 0 Å². The van der Waals surface area contributed by atoms with E-state index in [0.717, 1.165) is 12.2 Å². The van der Waals surface area contributed by atoms with Gasteiger partial charge in [-0.2, -0.15) is 0 Å². The third-order valence-electron chi connectivity index (χ3n) is 4.42. The summed E-state index contributed by atoms with van der Waals surface area (Å²) in [5.41, 5.74) is 2.05. The van der Waals surface area contributed by atoms with Crippen molar-refractivity contribution in [3.63, 3.8) is 0 Å². The van der Waals surface area contributed by atoms with Gasteiger partial charge in [0.15, 0.2) is 0 Å². The van der Waals surface area contributed by atoms with Crippen molar-refractivity contribution in [1.82, 2.24) is 10.2 Å². The Morgan fingerprint density at radius 2 is 2.00 bits per heavy atom. The van der Waals surface area contributed by atoms with Gasteiger partial charge in [-0.3, -0.25) is 9.69 Å². The molecule has 1 aliphatic heterocycles. The fourth-order valence-electron chi connectivity index (χ4n) is 3.32. The summed E-state index contributed by atoms with van der Waals surface area (Å²) < 4.78 is 0. The molecule has 0 spiro atoms. The molecule has 1 aliphatic rings. The summed E-state index contributed by atoms with van der Waals surface area (Å²) in [4.78, 5) is 14.8. The Morgan fingerprint density at radius 1 is 1.33 bits per heavy atom. The molecule has 0 aliphatic carbocycles. The maximum absolute atomic E-state index is 12.5. The number of nitrogens with one attached hydrogen (secondary N) is 2. The normalized spacial score (nSPS) is 24.0. The van der Waals surface area contributed by atoms with Crippen LogP contribution in [-0.4, -0.2) is 36.0 Å². The van der Waals surface area contributed by atoms with Crippen LogP contribution in [0.4, 0.5) is 5.69 Å². The van der Waals surface area contributed by atoms with Gasteiger partial charge in [-0.15, -0.1) is 0 Å². The van der Waals surface area contributed by atoms with E-state index in [4.69, 9.17) is 0 Å². The Hall–Kier alpha value is -1.39. The largest absolute Gasteiger partial charge is 0.325 e. The van der Waals surface area contributed by atoms with E-state index in [9.17, 15) is 4.79 Å². The van der Waals surface area contributed by atoms with Gasteiger partial charge in [-0.1, -0.05) is 12.1 Å². The molecule has 3 atom stereocenters. The lowest BCUT2D eigenvalue weighted by Crippen LogP contribution is -2.46. The maximum atomic E-state index is 12.5. The van der Waals surface area contributed by atoms with E-state index in [0.29, 0.717) is 12.1 Å². The molecule has 4 heteroatoms. The van der Waals surface area contributed by atoms with Crippen molar-refractivity contribution in [2.75, 3.05) is 12.4 Å². The fourth-order valence-corrected chi connectivity index (χ4v) is 3.32. The average molecular weight is 289 g/mol. The number of benzene rings is 1. The molecule has 1 amide bonds. The second-order valence-corrected chi connectivity index (χ2v) is 6.12. The van der Waals surface area contributed by atoms with Crippen LogP contribution < -0.4 is 10.6 Å². The Kier molecular flexibility index (Phi) is 5.37. The maximum Gasteiger partial charge on any atom is 0.241 e. The second kappa shape index (κ2) is 7.05. The molecular formula is C17H27N3O. The van der Waals surface area contributed by atoms with Crippen molar-refractivity contribution in [3.05, 3.63) is 29.8 Å². The van der Waals surface area contributed by atoms with Gasteiger partial charge >= 0.3 is 0 Å². The predicted octanol–water partition coefficient (Wildman–Crippen LogP) is 2.61. The Balaban J connectivity index is 2.02. The SMILES string of the molecule is CNCc1cccc(NC(=O)C(C)N2C(C)CCC2C)c1. The number of hydrogen-bond acceptors (Lipinski definition) is 3. The number of likely N-dealkylation sites (tertiary alicyclic amines) is 1. The van der Waals surface area contributed by atoms with E-state index in [1.807, 2.05) is 32.2 Å². The molecule has 21 heavy (non-hydrogen) atoms. The van der Waals surface area contributed by atoms with Gasteiger partial charge in [-0.25, -0.2) is 0 Å². The van der Waals surface area contributed by atoms with Gasteiger partial charge in [0.1, 0.15) is 0 Å². The highest BCUT2D eigenvalue weighted by Crippen LogP contribution is 2.26. The number of amides is 1. The van der Waals surface area contributed by atoms with Crippen molar-refractivity contribution in [2.24, 2.45) is 0 Å². The minimum Gasteiger partial charge on any atom is -0.325 e. The molecule has 0 aromatic heterocycles. The molecule has 0 saturated carbocycles. The minimum absolute atomic E-state index is 0.0807. The first-order valence-electron chi connectivity index (χ1n) is 7.84. The molecule has 1 heterocycles. The van der Waals surface area contributed by atoms with Crippen LogP contribution in [0, 0.1) is 0 Å².